The largest absolute Gasteiger partial charge is 0.323 e. The second-order valence-corrected chi connectivity index (χ2v) is 11.1. The zero-order chi connectivity index (χ0) is 24.8. The highest BCUT2D eigenvalue weighted by Crippen LogP contribution is 2.18. The van der Waals surface area contributed by atoms with E-state index in [0.29, 0.717) is 6.42 Å². The Bertz CT molecular complexity index is 1260. The molecule has 0 unspecified atom stereocenters. The summed E-state index contributed by atoms with van der Waals surface area (Å²) in [5.41, 5.74) is 1.75. The van der Waals surface area contributed by atoms with Crippen molar-refractivity contribution >= 4 is 39.1 Å². The van der Waals surface area contributed by atoms with Crippen LogP contribution in [0.1, 0.15) is 11.1 Å². The first-order valence-corrected chi connectivity index (χ1v) is 13.5. The molecule has 4 rings (SSSR count). The molecule has 0 bridgehead atoms. The lowest BCUT2D eigenvalue weighted by molar-refractivity contribution is -0.157. The van der Waals surface area contributed by atoms with E-state index in [9.17, 15) is 22.8 Å². The molecule has 0 aliphatic carbocycles. The summed E-state index contributed by atoms with van der Waals surface area (Å²) in [6, 6.07) is 20.4. The topological polar surface area (TPSA) is 104 Å². The van der Waals surface area contributed by atoms with Gasteiger partial charge in [0.1, 0.15) is 23.3 Å². The van der Waals surface area contributed by atoms with Crippen LogP contribution in [0.3, 0.4) is 0 Å². The average Bonchev–Trinajstić information content (AvgIpc) is 3.40. The molecule has 2 aromatic carbocycles. The molecule has 0 saturated carbocycles. The van der Waals surface area contributed by atoms with Crippen LogP contribution in [0.25, 0.3) is 0 Å². The molecular formula is C25H25N3O5S2. The molecule has 3 aromatic rings. The first-order chi connectivity index (χ1) is 16.8. The molecule has 10 heteroatoms. The Kier molecular flexibility index (Phi) is 7.74. The number of nitrogens with zero attached hydrogens (tertiary/aromatic N) is 2. The number of nitrogens with one attached hydrogen (secondary N) is 1. The van der Waals surface area contributed by atoms with E-state index in [0.717, 1.165) is 27.4 Å². The van der Waals surface area contributed by atoms with E-state index in [4.69, 9.17) is 0 Å². The lowest BCUT2D eigenvalue weighted by Crippen LogP contribution is -2.59. The van der Waals surface area contributed by atoms with E-state index in [1.807, 2.05) is 36.4 Å². The number of carbonyl (C=O) groups is 3. The van der Waals surface area contributed by atoms with Crippen molar-refractivity contribution in [3.8, 4) is 0 Å². The third-order valence-electron chi connectivity index (χ3n) is 5.67. The molecule has 1 aliphatic heterocycles. The van der Waals surface area contributed by atoms with Crippen molar-refractivity contribution in [1.29, 1.82) is 0 Å². The van der Waals surface area contributed by atoms with Gasteiger partial charge in [0.25, 0.3) is 10.0 Å². The van der Waals surface area contributed by atoms with Gasteiger partial charge in [-0.05, 0) is 35.4 Å². The zero-order valence-corrected chi connectivity index (χ0v) is 20.5. The molecule has 1 atom stereocenters. The van der Waals surface area contributed by atoms with Gasteiger partial charge in [-0.2, -0.15) is 4.72 Å². The van der Waals surface area contributed by atoms with E-state index in [2.05, 4.69) is 4.72 Å². The summed E-state index contributed by atoms with van der Waals surface area (Å²) < 4.78 is 28.3. The maximum Gasteiger partial charge on any atom is 0.250 e. The second-order valence-electron chi connectivity index (χ2n) is 8.16. The van der Waals surface area contributed by atoms with Crippen molar-refractivity contribution in [2.24, 2.45) is 0 Å². The monoisotopic (exact) mass is 511 g/mol. The summed E-state index contributed by atoms with van der Waals surface area (Å²) in [5, 5.41) is 1.63. The number of amides is 3. The Hall–Kier alpha value is -3.34. The van der Waals surface area contributed by atoms with Crippen LogP contribution in [0.2, 0.25) is 0 Å². The van der Waals surface area contributed by atoms with Gasteiger partial charge < -0.3 is 4.90 Å². The molecule has 8 nitrogen and oxygen atoms in total. The van der Waals surface area contributed by atoms with E-state index >= 15 is 0 Å². The van der Waals surface area contributed by atoms with Gasteiger partial charge in [0.15, 0.2) is 0 Å². The molecule has 0 spiro atoms. The number of piperazine rings is 1. The number of hydrogen-bond donors (Lipinski definition) is 1. The maximum atomic E-state index is 13.4. The molecule has 2 heterocycles. The summed E-state index contributed by atoms with van der Waals surface area (Å²) in [7, 11) is -3.96. The summed E-state index contributed by atoms with van der Waals surface area (Å²) in [6.45, 7) is -0.348. The van der Waals surface area contributed by atoms with E-state index in [1.54, 1.807) is 35.7 Å². The third kappa shape index (κ3) is 6.21. The van der Waals surface area contributed by atoms with E-state index < -0.39 is 33.8 Å². The standard InChI is InChI=1S/C25H25N3O5S2/c29-22-17-27(18-23(30)28(22)14-13-19-8-3-1-4-9-19)25(31)21(16-20-10-5-2-6-11-20)26-35(32,33)24-12-7-15-34-24/h1-12,15,21,26H,13-14,16-18H2/t21-/m0/s1. The number of carbonyl (C=O) groups excluding carboxylic acids is 3. The Morgan fingerprint density at radius 2 is 1.49 bits per heavy atom. The number of imide groups is 1. The molecule has 1 aliphatic rings. The molecule has 3 amide bonds. The lowest BCUT2D eigenvalue weighted by atomic mass is 10.1. The van der Waals surface area contributed by atoms with Gasteiger partial charge in [0.05, 0.1) is 0 Å². The molecule has 1 N–H and O–H groups in total. The minimum atomic E-state index is -3.96. The number of sulfonamides is 1. The molecule has 1 aromatic heterocycles. The van der Waals surface area contributed by atoms with Crippen molar-refractivity contribution in [2.45, 2.75) is 23.1 Å². The quantitative estimate of drug-likeness (QED) is 0.443. The van der Waals surface area contributed by atoms with Gasteiger partial charge >= 0.3 is 0 Å². The fourth-order valence-corrected chi connectivity index (χ4v) is 6.09. The fraction of sp³-hybridized carbons (Fsp3) is 0.240. The van der Waals surface area contributed by atoms with Gasteiger partial charge in [-0.15, -0.1) is 11.3 Å². The highest BCUT2D eigenvalue weighted by molar-refractivity contribution is 7.91. The molecule has 1 saturated heterocycles. The average molecular weight is 512 g/mol. The van der Waals surface area contributed by atoms with Crippen LogP contribution in [0.4, 0.5) is 0 Å². The van der Waals surface area contributed by atoms with Crippen molar-refractivity contribution < 1.29 is 22.8 Å². The van der Waals surface area contributed by atoms with Crippen LogP contribution < -0.4 is 4.72 Å². The first kappa shape index (κ1) is 24.8. The Labute approximate surface area is 208 Å². The van der Waals surface area contributed by atoms with E-state index in [-0.39, 0.29) is 30.3 Å². The molecule has 1 fully saturated rings. The Balaban J connectivity index is 1.48. The fourth-order valence-electron chi connectivity index (χ4n) is 3.89. The predicted molar refractivity (Wildman–Crippen MR) is 132 cm³/mol. The molecule has 182 valence electrons. The number of thiophene rings is 1. The van der Waals surface area contributed by atoms with Gasteiger partial charge in [0, 0.05) is 6.54 Å². The summed E-state index contributed by atoms with van der Waals surface area (Å²) in [5.74, 6) is -1.58. The van der Waals surface area contributed by atoms with Crippen LogP contribution in [0, 0.1) is 0 Å². The molecule has 35 heavy (non-hydrogen) atoms. The minimum Gasteiger partial charge on any atom is -0.323 e. The molecular weight excluding hydrogens is 486 g/mol. The van der Waals surface area contributed by atoms with Gasteiger partial charge in [-0.3, -0.25) is 19.3 Å². The SMILES string of the molecule is O=C([C@H](Cc1ccccc1)NS(=O)(=O)c1cccs1)N1CC(=O)N(CCc2ccccc2)C(=O)C1. The highest BCUT2D eigenvalue weighted by atomic mass is 32.2. The van der Waals surface area contributed by atoms with Gasteiger partial charge in [-0.25, -0.2) is 8.42 Å². The highest BCUT2D eigenvalue weighted by Gasteiger charge is 2.37. The third-order valence-corrected chi connectivity index (χ3v) is 8.54. The van der Waals surface area contributed by atoms with Gasteiger partial charge in [-0.1, -0.05) is 66.7 Å². The van der Waals surface area contributed by atoms with Crippen molar-refractivity contribution in [1.82, 2.24) is 14.5 Å². The molecule has 0 radical (unpaired) electrons. The smallest absolute Gasteiger partial charge is 0.250 e. The number of hydrogen-bond acceptors (Lipinski definition) is 6. The summed E-state index contributed by atoms with van der Waals surface area (Å²) in [4.78, 5) is 41.2. The predicted octanol–water partition coefficient (Wildman–Crippen LogP) is 2.08. The van der Waals surface area contributed by atoms with Crippen molar-refractivity contribution in [2.75, 3.05) is 19.6 Å². The second kappa shape index (κ2) is 10.9. The Morgan fingerprint density at radius 1 is 0.886 bits per heavy atom. The van der Waals surface area contributed by atoms with Crippen LogP contribution in [0.15, 0.2) is 82.4 Å². The minimum absolute atomic E-state index is 0.0842. The van der Waals surface area contributed by atoms with Crippen LogP contribution >= 0.6 is 11.3 Å². The lowest BCUT2D eigenvalue weighted by Gasteiger charge is -2.34. The number of rotatable bonds is 9. The normalized spacial score (nSPS) is 15.3. The zero-order valence-electron chi connectivity index (χ0n) is 18.9. The van der Waals surface area contributed by atoms with Crippen LogP contribution in [-0.2, 0) is 37.2 Å². The maximum absolute atomic E-state index is 13.4. The van der Waals surface area contributed by atoms with Crippen LogP contribution in [-0.4, -0.2) is 61.6 Å². The number of benzene rings is 2. The first-order valence-electron chi connectivity index (χ1n) is 11.1. The van der Waals surface area contributed by atoms with Crippen molar-refractivity contribution in [3.05, 3.63) is 89.3 Å². The Morgan fingerprint density at radius 3 is 2.06 bits per heavy atom. The summed E-state index contributed by atoms with van der Waals surface area (Å²) in [6.07, 6.45) is 0.602. The van der Waals surface area contributed by atoms with Crippen LogP contribution in [0.5, 0.6) is 0 Å². The van der Waals surface area contributed by atoms with Gasteiger partial charge in [0.2, 0.25) is 17.7 Å². The van der Waals surface area contributed by atoms with Crippen molar-refractivity contribution in [3.63, 3.8) is 0 Å². The summed E-state index contributed by atoms with van der Waals surface area (Å²) >= 11 is 1.04. The van der Waals surface area contributed by atoms with E-state index in [1.165, 1.54) is 11.0 Å².